The minimum atomic E-state index is 0.0843. The fourth-order valence-electron chi connectivity index (χ4n) is 2.73. The molecule has 0 saturated carbocycles. The second-order valence-electron chi connectivity index (χ2n) is 5.48. The molecule has 2 N–H and O–H groups in total. The monoisotopic (exact) mass is 273 g/mol. The Balaban J connectivity index is 1.73. The predicted molar refractivity (Wildman–Crippen MR) is 77.6 cm³/mol. The molecule has 1 aromatic heterocycles. The topological polar surface area (TPSA) is 67.2 Å². The number of carbonyl (C=O) groups excluding carboxylic acids is 1. The number of aromatic nitrogens is 1. The van der Waals surface area contributed by atoms with Crippen LogP contribution in [0.3, 0.4) is 0 Å². The fraction of sp³-hybridized carbons (Fsp3) is 0.467. The van der Waals surface area contributed by atoms with Crippen molar-refractivity contribution in [3.05, 3.63) is 24.1 Å². The van der Waals surface area contributed by atoms with Gasteiger partial charge < -0.3 is 15.1 Å². The lowest BCUT2D eigenvalue weighted by Gasteiger charge is -2.27. The van der Waals surface area contributed by atoms with E-state index in [0.717, 1.165) is 36.2 Å². The van der Waals surface area contributed by atoms with Crippen molar-refractivity contribution in [1.82, 2.24) is 10.3 Å². The van der Waals surface area contributed by atoms with Crippen LogP contribution in [0.25, 0.3) is 11.1 Å². The number of hydrogen-bond donors (Lipinski definition) is 2. The van der Waals surface area contributed by atoms with Gasteiger partial charge in [0, 0.05) is 24.6 Å². The van der Waals surface area contributed by atoms with Gasteiger partial charge in [0.25, 0.3) is 0 Å². The summed E-state index contributed by atoms with van der Waals surface area (Å²) in [6, 6.07) is 5.96. The van der Waals surface area contributed by atoms with E-state index in [1.165, 1.54) is 0 Å². The SMILES string of the molecule is Cc1nc2cc(NC(=O)C3CCNC(C)C3)ccc2o1. The lowest BCUT2D eigenvalue weighted by atomic mass is 9.92. The van der Waals surface area contributed by atoms with Gasteiger partial charge >= 0.3 is 0 Å². The van der Waals surface area contributed by atoms with E-state index in [1.54, 1.807) is 0 Å². The Hall–Kier alpha value is -1.88. The standard InChI is InChI=1S/C15H19N3O2/c1-9-7-11(5-6-16-9)15(19)18-12-3-4-14-13(8-12)17-10(2)20-14/h3-4,8-9,11,16H,5-7H2,1-2H3,(H,18,19). The molecule has 1 aromatic carbocycles. The van der Waals surface area contributed by atoms with Gasteiger partial charge in [-0.3, -0.25) is 4.79 Å². The number of fused-ring (bicyclic) bond motifs is 1. The lowest BCUT2D eigenvalue weighted by molar-refractivity contribution is -0.120. The number of oxazole rings is 1. The van der Waals surface area contributed by atoms with Crippen LogP contribution in [0.4, 0.5) is 5.69 Å². The molecular formula is C15H19N3O2. The average molecular weight is 273 g/mol. The minimum absolute atomic E-state index is 0.0843. The number of anilines is 1. The Bertz CT molecular complexity index is 635. The molecule has 1 saturated heterocycles. The lowest BCUT2D eigenvalue weighted by Crippen LogP contribution is -2.40. The Morgan fingerprint density at radius 3 is 3.15 bits per heavy atom. The van der Waals surface area contributed by atoms with E-state index >= 15 is 0 Å². The summed E-state index contributed by atoms with van der Waals surface area (Å²) < 4.78 is 5.43. The third-order valence-corrected chi connectivity index (χ3v) is 3.76. The summed E-state index contributed by atoms with van der Waals surface area (Å²) >= 11 is 0. The van der Waals surface area contributed by atoms with Crippen LogP contribution in [0.5, 0.6) is 0 Å². The molecule has 2 aromatic rings. The molecule has 0 bridgehead atoms. The highest BCUT2D eigenvalue weighted by Crippen LogP contribution is 2.22. The van der Waals surface area contributed by atoms with E-state index in [0.29, 0.717) is 11.9 Å². The Morgan fingerprint density at radius 1 is 1.50 bits per heavy atom. The third-order valence-electron chi connectivity index (χ3n) is 3.76. The summed E-state index contributed by atoms with van der Waals surface area (Å²) in [6.45, 7) is 4.83. The molecule has 1 aliphatic rings. The molecule has 1 amide bonds. The molecule has 20 heavy (non-hydrogen) atoms. The highest BCUT2D eigenvalue weighted by atomic mass is 16.3. The van der Waals surface area contributed by atoms with Gasteiger partial charge in [-0.1, -0.05) is 0 Å². The van der Waals surface area contributed by atoms with Crippen molar-refractivity contribution in [2.75, 3.05) is 11.9 Å². The predicted octanol–water partition coefficient (Wildman–Crippen LogP) is 2.46. The quantitative estimate of drug-likeness (QED) is 0.882. The maximum absolute atomic E-state index is 12.3. The molecule has 106 valence electrons. The van der Waals surface area contributed by atoms with Gasteiger partial charge in [-0.2, -0.15) is 0 Å². The molecule has 5 heteroatoms. The van der Waals surface area contributed by atoms with Gasteiger partial charge in [-0.15, -0.1) is 0 Å². The molecule has 0 aliphatic carbocycles. The zero-order valence-corrected chi connectivity index (χ0v) is 11.8. The first kappa shape index (κ1) is 13.1. The van der Waals surface area contributed by atoms with Crippen LogP contribution >= 0.6 is 0 Å². The van der Waals surface area contributed by atoms with E-state index in [1.807, 2.05) is 25.1 Å². The molecule has 0 radical (unpaired) electrons. The number of piperidine rings is 1. The van der Waals surface area contributed by atoms with Crippen molar-refractivity contribution < 1.29 is 9.21 Å². The van der Waals surface area contributed by atoms with Gasteiger partial charge in [0.05, 0.1) is 0 Å². The maximum Gasteiger partial charge on any atom is 0.227 e. The first-order chi connectivity index (χ1) is 9.61. The maximum atomic E-state index is 12.3. The molecule has 0 spiro atoms. The molecule has 2 heterocycles. The number of benzene rings is 1. The van der Waals surface area contributed by atoms with Crippen LogP contribution in [-0.4, -0.2) is 23.5 Å². The molecule has 1 fully saturated rings. The number of nitrogens with one attached hydrogen (secondary N) is 2. The molecule has 2 unspecified atom stereocenters. The van der Waals surface area contributed by atoms with Gasteiger partial charge in [0.15, 0.2) is 11.5 Å². The van der Waals surface area contributed by atoms with Crippen molar-refractivity contribution in [2.24, 2.45) is 5.92 Å². The summed E-state index contributed by atoms with van der Waals surface area (Å²) in [5.41, 5.74) is 2.30. The molecular weight excluding hydrogens is 254 g/mol. The number of rotatable bonds is 2. The van der Waals surface area contributed by atoms with E-state index in [-0.39, 0.29) is 11.8 Å². The third kappa shape index (κ3) is 2.67. The van der Waals surface area contributed by atoms with Crippen LogP contribution in [0.2, 0.25) is 0 Å². The first-order valence-electron chi connectivity index (χ1n) is 7.03. The minimum Gasteiger partial charge on any atom is -0.441 e. The van der Waals surface area contributed by atoms with Crippen LogP contribution in [0.15, 0.2) is 22.6 Å². The van der Waals surface area contributed by atoms with Gasteiger partial charge in [0.2, 0.25) is 5.91 Å². The van der Waals surface area contributed by atoms with E-state index < -0.39 is 0 Å². The summed E-state index contributed by atoms with van der Waals surface area (Å²) in [4.78, 5) is 16.5. The van der Waals surface area contributed by atoms with Gasteiger partial charge in [-0.05, 0) is 44.5 Å². The summed E-state index contributed by atoms with van der Waals surface area (Å²) in [6.07, 6.45) is 1.78. The molecule has 3 rings (SSSR count). The number of amides is 1. The number of carbonyl (C=O) groups is 1. The second-order valence-corrected chi connectivity index (χ2v) is 5.48. The van der Waals surface area contributed by atoms with Crippen molar-refractivity contribution in [1.29, 1.82) is 0 Å². The zero-order valence-electron chi connectivity index (χ0n) is 11.8. The Morgan fingerprint density at radius 2 is 2.35 bits per heavy atom. The van der Waals surface area contributed by atoms with E-state index in [4.69, 9.17) is 4.42 Å². The number of aryl methyl sites for hydroxylation is 1. The molecule has 5 nitrogen and oxygen atoms in total. The normalized spacial score (nSPS) is 22.9. The van der Waals surface area contributed by atoms with Crippen molar-refractivity contribution in [3.8, 4) is 0 Å². The van der Waals surface area contributed by atoms with Gasteiger partial charge in [0.1, 0.15) is 5.52 Å². The summed E-state index contributed by atoms with van der Waals surface area (Å²) in [5.74, 6) is 0.814. The zero-order chi connectivity index (χ0) is 14.1. The summed E-state index contributed by atoms with van der Waals surface area (Å²) in [7, 11) is 0. The Kier molecular flexibility index (Phi) is 3.44. The van der Waals surface area contributed by atoms with Gasteiger partial charge in [-0.25, -0.2) is 4.98 Å². The Labute approximate surface area is 117 Å². The molecule has 2 atom stereocenters. The van der Waals surface area contributed by atoms with Crippen molar-refractivity contribution in [3.63, 3.8) is 0 Å². The van der Waals surface area contributed by atoms with Crippen molar-refractivity contribution >= 4 is 22.7 Å². The molecule has 1 aliphatic heterocycles. The largest absolute Gasteiger partial charge is 0.441 e. The van der Waals surface area contributed by atoms with E-state index in [2.05, 4.69) is 22.5 Å². The highest BCUT2D eigenvalue weighted by molar-refractivity contribution is 5.94. The van der Waals surface area contributed by atoms with Crippen molar-refractivity contribution in [2.45, 2.75) is 32.7 Å². The fourth-order valence-corrected chi connectivity index (χ4v) is 2.73. The highest BCUT2D eigenvalue weighted by Gasteiger charge is 2.24. The number of hydrogen-bond acceptors (Lipinski definition) is 4. The smallest absolute Gasteiger partial charge is 0.227 e. The summed E-state index contributed by atoms with van der Waals surface area (Å²) in [5, 5.41) is 6.34. The van der Waals surface area contributed by atoms with E-state index in [9.17, 15) is 4.79 Å². The van der Waals surface area contributed by atoms with Crippen LogP contribution < -0.4 is 10.6 Å². The van der Waals surface area contributed by atoms with Crippen LogP contribution in [0, 0.1) is 12.8 Å². The van der Waals surface area contributed by atoms with Crippen LogP contribution in [-0.2, 0) is 4.79 Å². The second kappa shape index (κ2) is 5.25. The number of nitrogens with zero attached hydrogens (tertiary/aromatic N) is 1. The van der Waals surface area contributed by atoms with Crippen LogP contribution in [0.1, 0.15) is 25.7 Å². The average Bonchev–Trinajstić information content (AvgIpc) is 2.78. The first-order valence-corrected chi connectivity index (χ1v) is 7.03.